The summed E-state index contributed by atoms with van der Waals surface area (Å²) >= 11 is 13.9. The normalized spacial score (nSPS) is 12.0. The summed E-state index contributed by atoms with van der Waals surface area (Å²) in [7, 11) is 0. The monoisotopic (exact) mass is 732 g/mol. The molecule has 2 aromatic carbocycles. The Morgan fingerprint density at radius 1 is 0.550 bits per heavy atom. The maximum absolute atomic E-state index is 4.81. The van der Waals surface area contributed by atoms with Crippen LogP contribution >= 0.6 is 78.0 Å². The third-order valence-corrected chi connectivity index (χ3v) is 12.6. The van der Waals surface area contributed by atoms with Gasteiger partial charge in [0.1, 0.15) is 22.1 Å². The van der Waals surface area contributed by atoms with Crippen LogP contribution in [-0.4, -0.2) is 17.5 Å². The molecule has 0 atom stereocenters. The van der Waals surface area contributed by atoms with Gasteiger partial charge >= 0.3 is 0 Å². The van der Waals surface area contributed by atoms with Crippen molar-refractivity contribution >= 4 is 111 Å². The minimum Gasteiger partial charge on any atom is -0.172 e. The highest BCUT2D eigenvalue weighted by Crippen LogP contribution is 2.45. The first kappa shape index (κ1) is 28.8. The minimum absolute atomic E-state index is 0.957. The van der Waals surface area contributed by atoms with Crippen LogP contribution < -0.4 is 0 Å². The number of halogens is 2. The number of unbranched alkanes of at least 4 members (excludes halogenated alkanes) is 6. The van der Waals surface area contributed by atoms with Gasteiger partial charge in [0.2, 0.25) is 0 Å². The summed E-state index contributed by atoms with van der Waals surface area (Å²) in [6.45, 7) is 4.52. The molecular weight excluding hydrogens is 704 g/mol. The first-order valence-electron chi connectivity index (χ1n) is 14.0. The molecular formula is C30H30Br2N4S4. The number of fused-ring (bicyclic) bond motifs is 5. The number of benzene rings is 2. The fraction of sp³-hybridized carbons (Fsp3) is 0.400. The Morgan fingerprint density at radius 2 is 0.975 bits per heavy atom. The molecule has 0 fully saturated rings. The number of aromatic nitrogens is 4. The molecule has 4 aromatic heterocycles. The van der Waals surface area contributed by atoms with Gasteiger partial charge in [-0.25, -0.2) is 0 Å². The molecule has 0 aliphatic rings. The van der Waals surface area contributed by atoms with E-state index < -0.39 is 0 Å². The number of hydrogen-bond donors (Lipinski definition) is 0. The van der Waals surface area contributed by atoms with Crippen molar-refractivity contribution < 1.29 is 0 Å². The maximum atomic E-state index is 4.81. The number of rotatable bonds is 12. The molecule has 208 valence electrons. The number of hydrogen-bond acceptors (Lipinski definition) is 8. The second-order valence-corrected chi connectivity index (χ2v) is 16.1. The minimum atomic E-state index is 0.957. The molecule has 10 heteroatoms. The van der Waals surface area contributed by atoms with E-state index in [-0.39, 0.29) is 0 Å². The molecule has 0 unspecified atom stereocenters. The van der Waals surface area contributed by atoms with Crippen molar-refractivity contribution in [3.05, 3.63) is 43.0 Å². The summed E-state index contributed by atoms with van der Waals surface area (Å²) in [5, 5.41) is 2.21. The van der Waals surface area contributed by atoms with Crippen LogP contribution in [0.1, 0.15) is 76.3 Å². The van der Waals surface area contributed by atoms with Gasteiger partial charge in [-0.3, -0.25) is 0 Å². The van der Waals surface area contributed by atoms with Gasteiger partial charge in [-0.15, -0.1) is 22.7 Å². The van der Waals surface area contributed by atoms with E-state index >= 15 is 0 Å². The van der Waals surface area contributed by atoms with Crippen LogP contribution in [0.3, 0.4) is 0 Å². The highest BCUT2D eigenvalue weighted by Gasteiger charge is 2.21. The molecule has 0 aliphatic carbocycles. The van der Waals surface area contributed by atoms with Crippen LogP contribution in [0.2, 0.25) is 0 Å². The van der Waals surface area contributed by atoms with E-state index in [0.29, 0.717) is 0 Å². The van der Waals surface area contributed by atoms with E-state index in [2.05, 4.69) is 70.0 Å². The maximum Gasteiger partial charge on any atom is 0.114 e. The third kappa shape index (κ3) is 5.69. The van der Waals surface area contributed by atoms with E-state index in [1.807, 2.05) is 0 Å². The van der Waals surface area contributed by atoms with Crippen LogP contribution in [0.5, 0.6) is 0 Å². The zero-order chi connectivity index (χ0) is 27.6. The van der Waals surface area contributed by atoms with Crippen LogP contribution in [-0.2, 0) is 12.8 Å². The zero-order valence-electron chi connectivity index (χ0n) is 22.6. The largest absolute Gasteiger partial charge is 0.172 e. The summed E-state index contributed by atoms with van der Waals surface area (Å²) in [6.07, 6.45) is 12.3. The van der Waals surface area contributed by atoms with Gasteiger partial charge in [0.25, 0.3) is 0 Å². The van der Waals surface area contributed by atoms with Crippen LogP contribution in [0.4, 0.5) is 0 Å². The van der Waals surface area contributed by atoms with Gasteiger partial charge in [0, 0.05) is 31.7 Å². The Kier molecular flexibility index (Phi) is 9.30. The zero-order valence-corrected chi connectivity index (χ0v) is 29.0. The van der Waals surface area contributed by atoms with E-state index in [0.717, 1.165) is 56.8 Å². The number of thiophene rings is 2. The molecule has 4 heterocycles. The van der Waals surface area contributed by atoms with E-state index in [1.165, 1.54) is 103 Å². The fourth-order valence-corrected chi connectivity index (χ4v) is 10.1. The molecule has 0 radical (unpaired) electrons. The smallest absolute Gasteiger partial charge is 0.114 e. The van der Waals surface area contributed by atoms with Gasteiger partial charge in [0.15, 0.2) is 0 Å². The van der Waals surface area contributed by atoms with Gasteiger partial charge in [-0.1, -0.05) is 52.4 Å². The first-order valence-corrected chi connectivity index (χ1v) is 18.7. The number of nitrogens with zero attached hydrogens (tertiary/aromatic N) is 4. The SMILES string of the molecule is CCCCCCc1cc(-c2cc3c(cc(-c4cc(CCCCCC)c(Br)s4)c4nsnc43)c3nsnc23)sc1Br. The van der Waals surface area contributed by atoms with Crippen molar-refractivity contribution in [2.24, 2.45) is 0 Å². The molecule has 4 nitrogen and oxygen atoms in total. The van der Waals surface area contributed by atoms with Crippen molar-refractivity contribution in [3.63, 3.8) is 0 Å². The van der Waals surface area contributed by atoms with Crippen LogP contribution in [0.15, 0.2) is 31.8 Å². The van der Waals surface area contributed by atoms with Gasteiger partial charge < -0.3 is 0 Å². The summed E-state index contributed by atoms with van der Waals surface area (Å²) in [5.41, 5.74) is 8.90. The summed E-state index contributed by atoms with van der Waals surface area (Å²) < 4.78 is 21.7. The highest BCUT2D eigenvalue weighted by molar-refractivity contribution is 9.11. The third-order valence-electron chi connectivity index (χ3n) is 7.51. The molecule has 0 spiro atoms. The molecule has 40 heavy (non-hydrogen) atoms. The summed E-state index contributed by atoms with van der Waals surface area (Å²) in [6, 6.07) is 9.23. The lowest BCUT2D eigenvalue weighted by atomic mass is 9.98. The summed E-state index contributed by atoms with van der Waals surface area (Å²) in [5.74, 6) is 0. The van der Waals surface area contributed by atoms with E-state index in [1.54, 1.807) is 22.7 Å². The molecule has 6 aromatic rings. The van der Waals surface area contributed by atoms with Crippen molar-refractivity contribution in [3.8, 4) is 20.9 Å². The second-order valence-electron chi connectivity index (χ2n) is 10.3. The topological polar surface area (TPSA) is 51.6 Å². The molecule has 0 bridgehead atoms. The predicted molar refractivity (Wildman–Crippen MR) is 184 cm³/mol. The van der Waals surface area contributed by atoms with E-state index in [4.69, 9.17) is 17.5 Å². The Morgan fingerprint density at radius 3 is 1.40 bits per heavy atom. The lowest BCUT2D eigenvalue weighted by molar-refractivity contribution is 0.667. The lowest BCUT2D eigenvalue weighted by Gasteiger charge is -2.07. The van der Waals surface area contributed by atoms with Crippen LogP contribution in [0.25, 0.3) is 53.7 Å². The van der Waals surface area contributed by atoms with Crippen molar-refractivity contribution in [1.29, 1.82) is 0 Å². The van der Waals surface area contributed by atoms with Crippen LogP contribution in [0, 0.1) is 0 Å². The first-order chi connectivity index (χ1) is 19.6. The molecule has 0 N–H and O–H groups in total. The Labute approximate surface area is 268 Å². The average Bonchev–Trinajstić information content (AvgIpc) is 3.75. The van der Waals surface area contributed by atoms with Crippen molar-refractivity contribution in [2.75, 3.05) is 0 Å². The van der Waals surface area contributed by atoms with Crippen molar-refractivity contribution in [1.82, 2.24) is 17.5 Å². The average molecular weight is 735 g/mol. The van der Waals surface area contributed by atoms with Gasteiger partial charge in [-0.2, -0.15) is 17.5 Å². The molecule has 0 amide bonds. The molecule has 0 saturated carbocycles. The summed E-state index contributed by atoms with van der Waals surface area (Å²) in [4.78, 5) is 2.46. The molecule has 0 saturated heterocycles. The quantitative estimate of drug-likeness (QED) is 0.118. The molecule has 6 rings (SSSR count). The lowest BCUT2D eigenvalue weighted by Crippen LogP contribution is -1.87. The van der Waals surface area contributed by atoms with Crippen molar-refractivity contribution in [2.45, 2.75) is 78.1 Å². The Bertz CT molecular complexity index is 1650. The predicted octanol–water partition coefficient (Wildman–Crippen LogP) is 12.1. The second kappa shape index (κ2) is 12.9. The highest BCUT2D eigenvalue weighted by atomic mass is 79.9. The van der Waals surface area contributed by atoms with Gasteiger partial charge in [-0.05, 0) is 92.9 Å². The Balaban J connectivity index is 1.43. The molecule has 0 aliphatic heterocycles. The van der Waals surface area contributed by atoms with Gasteiger partial charge in [0.05, 0.1) is 31.0 Å². The van der Waals surface area contributed by atoms with E-state index in [9.17, 15) is 0 Å². The number of aryl methyl sites for hydroxylation is 2. The Hall–Kier alpha value is -1.30. The fourth-order valence-electron chi connectivity index (χ4n) is 5.34. The standard InChI is InChI=1S/C30H30Br2N4S4/c1-3-5-7-9-11-17-13-23(37-29(17)31)21-15-19-20(25-27(21)35-39-33-25)16-22(28-26(19)34-40-36-28)24-14-18(30(32)38-24)12-10-8-6-4-2/h13-16H,3-12H2,1-2H3.